The van der Waals surface area contributed by atoms with Gasteiger partial charge in [-0.25, -0.2) is 24.4 Å². The fourth-order valence-corrected chi connectivity index (χ4v) is 3.42. The molecule has 0 atom stereocenters. The first-order chi connectivity index (χ1) is 15.2. The van der Waals surface area contributed by atoms with Crippen LogP contribution in [0.15, 0.2) is 114 Å². The number of hydrogen-bond acceptors (Lipinski definition) is 8. The minimum atomic E-state index is -0.365. The Morgan fingerprint density at radius 2 is 1.58 bits per heavy atom. The summed E-state index contributed by atoms with van der Waals surface area (Å²) in [5.41, 5.74) is 7.19. The predicted molar refractivity (Wildman–Crippen MR) is 120 cm³/mol. The molecule has 31 heavy (non-hydrogen) atoms. The van der Waals surface area contributed by atoms with Crippen LogP contribution in [0.4, 0.5) is 10.1 Å². The number of hydrogen-bond donors (Lipinski definition) is 1. The molecule has 0 amide bonds. The number of nitrogens with zero attached hydrogens (tertiary/aromatic N) is 7. The average Bonchev–Trinajstić information content (AvgIpc) is 3.53. The van der Waals surface area contributed by atoms with Gasteiger partial charge in [0.05, 0.1) is 40.4 Å². The van der Waals surface area contributed by atoms with Crippen molar-refractivity contribution in [2.24, 2.45) is 30.1 Å². The number of fused-ring (bicyclic) bond motifs is 5. The van der Waals surface area contributed by atoms with Gasteiger partial charge in [-0.15, -0.1) is 5.10 Å². The van der Waals surface area contributed by atoms with Crippen LogP contribution in [-0.2, 0) is 0 Å². The zero-order valence-corrected chi connectivity index (χ0v) is 15.9. The third-order valence-electron chi connectivity index (χ3n) is 4.76. The van der Waals surface area contributed by atoms with E-state index in [-0.39, 0.29) is 17.7 Å². The van der Waals surface area contributed by atoms with Gasteiger partial charge in [0.15, 0.2) is 0 Å². The fourth-order valence-electron chi connectivity index (χ4n) is 3.42. The van der Waals surface area contributed by atoms with E-state index in [1.807, 2.05) is 42.5 Å². The highest BCUT2D eigenvalue weighted by Gasteiger charge is 2.26. The molecule has 0 saturated carbocycles. The number of halogens is 1. The molecule has 8 nitrogen and oxygen atoms in total. The number of benzene rings is 1. The van der Waals surface area contributed by atoms with E-state index in [2.05, 4.69) is 35.5 Å². The first-order valence-electron chi connectivity index (χ1n) is 9.49. The summed E-state index contributed by atoms with van der Waals surface area (Å²) in [6, 6.07) is 6.19. The minimum absolute atomic E-state index is 0.244. The zero-order chi connectivity index (χ0) is 20.8. The molecule has 0 aromatic heterocycles. The van der Waals surface area contributed by atoms with Crippen LogP contribution < -0.4 is 10.3 Å². The predicted octanol–water partition coefficient (Wildman–Crippen LogP) is 3.03. The monoisotopic (exact) mass is 408 g/mol. The van der Waals surface area contributed by atoms with E-state index in [0.717, 1.165) is 17.1 Å². The Morgan fingerprint density at radius 1 is 0.806 bits per heavy atom. The van der Waals surface area contributed by atoms with Gasteiger partial charge in [0, 0.05) is 6.08 Å². The van der Waals surface area contributed by atoms with Crippen LogP contribution in [0.1, 0.15) is 0 Å². The Bertz CT molecular complexity index is 1360. The van der Waals surface area contributed by atoms with Crippen molar-refractivity contribution in [1.82, 2.24) is 5.43 Å². The number of nitrogens with one attached hydrogen (secondary N) is 1. The second kappa shape index (κ2) is 6.77. The largest absolute Gasteiger partial charge is 0.262 e. The normalized spacial score (nSPS) is 20.5. The Morgan fingerprint density at radius 3 is 2.39 bits per heavy atom. The molecule has 5 aliphatic heterocycles. The van der Waals surface area contributed by atoms with Crippen LogP contribution in [0, 0.1) is 5.82 Å². The van der Waals surface area contributed by atoms with Gasteiger partial charge in [0.25, 0.3) is 11.9 Å². The lowest BCUT2D eigenvalue weighted by molar-refractivity contribution is 0.628. The van der Waals surface area contributed by atoms with E-state index in [1.165, 1.54) is 12.1 Å². The topological polar surface area (TPSA) is 89.4 Å². The molecule has 0 radical (unpaired) electrons. The van der Waals surface area contributed by atoms with Crippen molar-refractivity contribution in [2.45, 2.75) is 0 Å². The van der Waals surface area contributed by atoms with Gasteiger partial charge in [-0.1, -0.05) is 6.07 Å². The van der Waals surface area contributed by atoms with E-state index in [1.54, 1.807) is 23.2 Å². The molecular weight excluding hydrogens is 395 g/mol. The highest BCUT2D eigenvalue weighted by molar-refractivity contribution is 6.43. The van der Waals surface area contributed by atoms with Crippen molar-refractivity contribution in [3.8, 4) is 0 Å². The lowest BCUT2D eigenvalue weighted by Gasteiger charge is -2.18. The third-order valence-corrected chi connectivity index (χ3v) is 4.76. The number of anilines is 1. The van der Waals surface area contributed by atoms with Gasteiger partial charge in [0.1, 0.15) is 11.6 Å². The van der Waals surface area contributed by atoms with Crippen molar-refractivity contribution in [3.63, 3.8) is 0 Å². The van der Waals surface area contributed by atoms with Gasteiger partial charge < -0.3 is 0 Å². The van der Waals surface area contributed by atoms with Crippen LogP contribution in [0.2, 0.25) is 0 Å². The quantitative estimate of drug-likeness (QED) is 0.774. The second-order valence-electron chi connectivity index (χ2n) is 6.95. The van der Waals surface area contributed by atoms with Gasteiger partial charge in [-0.3, -0.25) is 10.3 Å². The molecule has 0 fully saturated rings. The molecule has 6 rings (SSSR count). The number of allylic oxidation sites excluding steroid dienone is 7. The summed E-state index contributed by atoms with van der Waals surface area (Å²) in [5, 5.41) is 4.30. The minimum Gasteiger partial charge on any atom is -0.262 e. The van der Waals surface area contributed by atoms with E-state index < -0.39 is 0 Å². The zero-order valence-electron chi connectivity index (χ0n) is 15.9. The smallest absolute Gasteiger partial charge is 0.256 e. The number of hydrazone groups is 1. The molecule has 5 aliphatic rings. The molecule has 5 heterocycles. The second-order valence-corrected chi connectivity index (χ2v) is 6.95. The molecule has 9 heteroatoms. The molecule has 0 unspecified atom stereocenters. The maximum absolute atomic E-state index is 13.9. The van der Waals surface area contributed by atoms with Crippen LogP contribution in [-0.4, -0.2) is 35.3 Å². The molecule has 1 aromatic carbocycles. The maximum atomic E-state index is 13.9. The number of rotatable bonds is 1. The van der Waals surface area contributed by atoms with Crippen molar-refractivity contribution < 1.29 is 4.39 Å². The first-order valence-corrected chi connectivity index (χ1v) is 9.49. The summed E-state index contributed by atoms with van der Waals surface area (Å²) < 4.78 is 13.9. The summed E-state index contributed by atoms with van der Waals surface area (Å²) in [4.78, 5) is 24.0. The SMILES string of the molecule is Fc1cccc(N2C3=CC4=NC(=CC5=NC(=CC6=NC(=NC2=NN3)N=C6)C=C5)C=C4)c1. The van der Waals surface area contributed by atoms with Crippen LogP contribution in [0.25, 0.3) is 0 Å². The van der Waals surface area contributed by atoms with Gasteiger partial charge in [-0.05, 0) is 54.7 Å². The molecule has 8 bridgehead atoms. The lowest BCUT2D eigenvalue weighted by Crippen LogP contribution is -2.27. The van der Waals surface area contributed by atoms with Crippen molar-refractivity contribution in [2.75, 3.05) is 4.90 Å². The van der Waals surface area contributed by atoms with E-state index in [0.29, 0.717) is 22.9 Å². The molecule has 0 spiro atoms. The van der Waals surface area contributed by atoms with Crippen LogP contribution in [0.5, 0.6) is 0 Å². The molecular formula is C22H13FN8. The summed E-state index contributed by atoms with van der Waals surface area (Å²) in [5.74, 6) is 0.741. The molecule has 0 saturated heterocycles. The van der Waals surface area contributed by atoms with E-state index in [9.17, 15) is 4.39 Å². The third kappa shape index (κ3) is 3.27. The van der Waals surface area contributed by atoms with Gasteiger partial charge in [-0.2, -0.15) is 4.99 Å². The van der Waals surface area contributed by atoms with E-state index >= 15 is 0 Å². The summed E-state index contributed by atoms with van der Waals surface area (Å²) in [6.45, 7) is 0. The van der Waals surface area contributed by atoms with Crippen molar-refractivity contribution >= 4 is 41.0 Å². The Balaban J connectivity index is 1.51. The Labute approximate surface area is 176 Å². The first kappa shape index (κ1) is 17.3. The number of aliphatic imine (C=N–C) groups is 5. The van der Waals surface area contributed by atoms with Crippen LogP contribution >= 0.6 is 0 Å². The van der Waals surface area contributed by atoms with Gasteiger partial charge in [0.2, 0.25) is 0 Å². The highest BCUT2D eigenvalue weighted by atomic mass is 19.1. The molecule has 1 N–H and O–H groups in total. The fraction of sp³-hybridized carbons (Fsp3) is 0. The summed E-state index contributed by atoms with van der Waals surface area (Å²) >= 11 is 0. The molecule has 0 aliphatic carbocycles. The Kier molecular flexibility index (Phi) is 3.79. The van der Waals surface area contributed by atoms with Crippen molar-refractivity contribution in [3.05, 3.63) is 89.8 Å². The van der Waals surface area contributed by atoms with Crippen LogP contribution in [0.3, 0.4) is 0 Å². The highest BCUT2D eigenvalue weighted by Crippen LogP contribution is 2.25. The lowest BCUT2D eigenvalue weighted by atomic mass is 10.2. The molecule has 1 aromatic rings. The summed E-state index contributed by atoms with van der Waals surface area (Å²) in [7, 11) is 0. The van der Waals surface area contributed by atoms with Gasteiger partial charge >= 0.3 is 0 Å². The average molecular weight is 408 g/mol. The Hall–Kier alpha value is -4.53. The standard InChI is InChI=1S/C22H13FN8/c23-13-2-1-3-19(8-13)31-20-11-17-7-6-15(26-17)9-14-4-5-16(25-14)10-18-12-24-21(27-18)28-22(31)30-29-20/h1-12,29H. The molecule has 148 valence electrons. The number of guanidine groups is 2. The summed E-state index contributed by atoms with van der Waals surface area (Å²) in [6.07, 6.45) is 14.8. The van der Waals surface area contributed by atoms with E-state index in [4.69, 9.17) is 0 Å². The van der Waals surface area contributed by atoms with Crippen molar-refractivity contribution in [1.29, 1.82) is 0 Å². The maximum Gasteiger partial charge on any atom is 0.256 e.